The molecule has 1 atom stereocenters. The Hall–Kier alpha value is -1.08. The molecule has 1 rings (SSSR count). The van der Waals surface area contributed by atoms with E-state index in [2.05, 4.69) is 18.7 Å². The lowest BCUT2D eigenvalue weighted by atomic mass is 10.0. The van der Waals surface area contributed by atoms with Gasteiger partial charge in [-0.2, -0.15) is 0 Å². The summed E-state index contributed by atoms with van der Waals surface area (Å²) in [7, 11) is 0. The van der Waals surface area contributed by atoms with Crippen molar-refractivity contribution in [3.63, 3.8) is 0 Å². The highest BCUT2D eigenvalue weighted by Crippen LogP contribution is 2.09. The predicted octanol–water partition coefficient (Wildman–Crippen LogP) is 2.95. The molecule has 0 spiro atoms. The van der Waals surface area contributed by atoms with Crippen LogP contribution in [0.3, 0.4) is 0 Å². The van der Waals surface area contributed by atoms with Crippen LogP contribution in [0.15, 0.2) is 42.5 Å². The Bertz CT molecular complexity index is 277. The van der Waals surface area contributed by atoms with Crippen molar-refractivity contribution in [2.45, 2.75) is 32.3 Å². The van der Waals surface area contributed by atoms with Gasteiger partial charge < -0.3 is 5.11 Å². The minimum atomic E-state index is -0.335. The third-order valence-electron chi connectivity index (χ3n) is 2.35. The molecule has 0 heterocycles. The Labute approximate surface area is 86.1 Å². The highest BCUT2D eigenvalue weighted by Gasteiger charge is 2.03. The number of hydrogen-bond donors (Lipinski definition) is 1. The van der Waals surface area contributed by atoms with E-state index in [0.717, 1.165) is 24.8 Å². The molecule has 0 saturated heterocycles. The van der Waals surface area contributed by atoms with Gasteiger partial charge in [-0.3, -0.25) is 0 Å². The van der Waals surface area contributed by atoms with Gasteiger partial charge in [-0.1, -0.05) is 42.5 Å². The fourth-order valence-electron chi connectivity index (χ4n) is 1.39. The van der Waals surface area contributed by atoms with Gasteiger partial charge in [0.15, 0.2) is 0 Å². The number of aliphatic hydroxyl groups is 1. The zero-order valence-electron chi connectivity index (χ0n) is 8.74. The Kier molecular flexibility index (Phi) is 4.41. The summed E-state index contributed by atoms with van der Waals surface area (Å²) in [6.07, 6.45) is 2.52. The Morgan fingerprint density at radius 3 is 2.57 bits per heavy atom. The van der Waals surface area contributed by atoms with Gasteiger partial charge in [0.1, 0.15) is 0 Å². The van der Waals surface area contributed by atoms with E-state index < -0.39 is 0 Å². The molecule has 0 amide bonds. The average Bonchev–Trinajstić information content (AvgIpc) is 2.19. The maximum atomic E-state index is 9.50. The van der Waals surface area contributed by atoms with Crippen LogP contribution in [0.1, 0.15) is 25.3 Å². The van der Waals surface area contributed by atoms with Crippen molar-refractivity contribution in [1.82, 2.24) is 0 Å². The van der Waals surface area contributed by atoms with Crippen molar-refractivity contribution < 1.29 is 5.11 Å². The van der Waals surface area contributed by atoms with Gasteiger partial charge in [-0.25, -0.2) is 0 Å². The molecular formula is C13H18O. The Balaban J connectivity index is 2.26. The SMILES string of the molecule is C=C(C)[C@@H](O)CCCc1ccccc1. The summed E-state index contributed by atoms with van der Waals surface area (Å²) in [4.78, 5) is 0. The molecule has 0 saturated carbocycles. The van der Waals surface area contributed by atoms with Crippen LogP contribution in [0.4, 0.5) is 0 Å². The first-order valence-electron chi connectivity index (χ1n) is 5.07. The number of aryl methyl sites for hydroxylation is 1. The third kappa shape index (κ3) is 3.75. The van der Waals surface area contributed by atoms with Crippen LogP contribution in [0, 0.1) is 0 Å². The maximum Gasteiger partial charge on any atom is 0.0744 e. The summed E-state index contributed by atoms with van der Waals surface area (Å²) in [6, 6.07) is 10.3. The normalized spacial score (nSPS) is 12.4. The first kappa shape index (κ1) is 11.0. The summed E-state index contributed by atoms with van der Waals surface area (Å²) >= 11 is 0. The molecule has 0 aromatic heterocycles. The van der Waals surface area contributed by atoms with Crippen molar-refractivity contribution in [2.24, 2.45) is 0 Å². The number of aliphatic hydroxyl groups excluding tert-OH is 1. The first-order chi connectivity index (χ1) is 6.70. The Morgan fingerprint density at radius 1 is 1.36 bits per heavy atom. The standard InChI is InChI=1S/C13H18O/c1-11(2)13(14)10-6-9-12-7-4-3-5-8-12/h3-5,7-8,13-14H,1,6,9-10H2,2H3/t13-/m0/s1. The smallest absolute Gasteiger partial charge is 0.0744 e. The van der Waals surface area contributed by atoms with E-state index in [4.69, 9.17) is 0 Å². The van der Waals surface area contributed by atoms with Gasteiger partial charge in [0, 0.05) is 0 Å². The molecular weight excluding hydrogens is 172 g/mol. The topological polar surface area (TPSA) is 20.2 Å². The van der Waals surface area contributed by atoms with Crippen LogP contribution in [-0.2, 0) is 6.42 Å². The molecule has 1 N–H and O–H groups in total. The molecule has 76 valence electrons. The summed E-state index contributed by atoms with van der Waals surface area (Å²) in [5.74, 6) is 0. The molecule has 0 aliphatic rings. The second-order valence-corrected chi connectivity index (χ2v) is 3.74. The van der Waals surface area contributed by atoms with Crippen molar-refractivity contribution in [3.05, 3.63) is 48.0 Å². The number of hydrogen-bond acceptors (Lipinski definition) is 1. The van der Waals surface area contributed by atoms with E-state index in [1.54, 1.807) is 0 Å². The fourth-order valence-corrected chi connectivity index (χ4v) is 1.39. The minimum Gasteiger partial charge on any atom is -0.389 e. The summed E-state index contributed by atoms with van der Waals surface area (Å²) in [5, 5.41) is 9.50. The van der Waals surface area contributed by atoms with E-state index >= 15 is 0 Å². The van der Waals surface area contributed by atoms with Crippen molar-refractivity contribution >= 4 is 0 Å². The minimum absolute atomic E-state index is 0.335. The molecule has 1 heteroatoms. The van der Waals surface area contributed by atoms with E-state index in [0.29, 0.717) is 0 Å². The highest BCUT2D eigenvalue weighted by molar-refractivity contribution is 5.14. The number of rotatable bonds is 5. The van der Waals surface area contributed by atoms with E-state index in [-0.39, 0.29) is 6.10 Å². The number of benzene rings is 1. The Morgan fingerprint density at radius 2 is 2.00 bits per heavy atom. The first-order valence-corrected chi connectivity index (χ1v) is 5.07. The molecule has 0 unspecified atom stereocenters. The second kappa shape index (κ2) is 5.61. The molecule has 0 bridgehead atoms. The van der Waals surface area contributed by atoms with Gasteiger partial charge >= 0.3 is 0 Å². The van der Waals surface area contributed by atoms with Crippen LogP contribution in [-0.4, -0.2) is 11.2 Å². The summed E-state index contributed by atoms with van der Waals surface area (Å²) in [5.41, 5.74) is 2.19. The van der Waals surface area contributed by atoms with E-state index in [9.17, 15) is 5.11 Å². The summed E-state index contributed by atoms with van der Waals surface area (Å²) < 4.78 is 0. The predicted molar refractivity (Wildman–Crippen MR) is 60.2 cm³/mol. The highest BCUT2D eigenvalue weighted by atomic mass is 16.3. The largest absolute Gasteiger partial charge is 0.389 e. The van der Waals surface area contributed by atoms with Crippen LogP contribution in [0.2, 0.25) is 0 Å². The molecule has 0 radical (unpaired) electrons. The molecule has 1 aromatic carbocycles. The maximum absolute atomic E-state index is 9.50. The molecule has 0 aliphatic heterocycles. The molecule has 0 fully saturated rings. The van der Waals surface area contributed by atoms with Crippen LogP contribution in [0.5, 0.6) is 0 Å². The fraction of sp³-hybridized carbons (Fsp3) is 0.385. The van der Waals surface area contributed by atoms with Crippen LogP contribution in [0.25, 0.3) is 0 Å². The molecule has 14 heavy (non-hydrogen) atoms. The van der Waals surface area contributed by atoms with Gasteiger partial charge in [0.2, 0.25) is 0 Å². The van der Waals surface area contributed by atoms with Crippen molar-refractivity contribution in [3.8, 4) is 0 Å². The van der Waals surface area contributed by atoms with E-state index in [1.807, 2.05) is 25.1 Å². The zero-order valence-corrected chi connectivity index (χ0v) is 8.74. The molecule has 0 aliphatic carbocycles. The monoisotopic (exact) mass is 190 g/mol. The van der Waals surface area contributed by atoms with Gasteiger partial charge in [0.05, 0.1) is 6.10 Å². The van der Waals surface area contributed by atoms with Gasteiger partial charge in [0.25, 0.3) is 0 Å². The van der Waals surface area contributed by atoms with Crippen LogP contribution >= 0.6 is 0 Å². The lowest BCUT2D eigenvalue weighted by molar-refractivity contribution is 0.198. The third-order valence-corrected chi connectivity index (χ3v) is 2.35. The van der Waals surface area contributed by atoms with Gasteiger partial charge in [-0.05, 0) is 31.7 Å². The molecule has 1 nitrogen and oxygen atoms in total. The lowest BCUT2D eigenvalue weighted by Crippen LogP contribution is -2.07. The second-order valence-electron chi connectivity index (χ2n) is 3.74. The van der Waals surface area contributed by atoms with Crippen molar-refractivity contribution in [1.29, 1.82) is 0 Å². The average molecular weight is 190 g/mol. The zero-order chi connectivity index (χ0) is 10.4. The van der Waals surface area contributed by atoms with Gasteiger partial charge in [-0.15, -0.1) is 0 Å². The lowest BCUT2D eigenvalue weighted by Gasteiger charge is -2.09. The van der Waals surface area contributed by atoms with Crippen molar-refractivity contribution in [2.75, 3.05) is 0 Å². The summed E-state index contributed by atoms with van der Waals surface area (Å²) in [6.45, 7) is 5.60. The quantitative estimate of drug-likeness (QED) is 0.708. The van der Waals surface area contributed by atoms with Crippen LogP contribution < -0.4 is 0 Å². The van der Waals surface area contributed by atoms with E-state index in [1.165, 1.54) is 5.56 Å². The molecule has 1 aromatic rings.